The molecule has 2 bridgehead atoms. The van der Waals surface area contributed by atoms with Crippen LogP contribution in [0.15, 0.2) is 22.8 Å². The highest BCUT2D eigenvalue weighted by molar-refractivity contribution is 5.93. The monoisotopic (exact) mass is 290 g/mol. The van der Waals surface area contributed by atoms with Crippen LogP contribution in [0.25, 0.3) is 0 Å². The van der Waals surface area contributed by atoms with Gasteiger partial charge in [0, 0.05) is 25.7 Å². The number of fused-ring (bicyclic) bond motifs is 1. The van der Waals surface area contributed by atoms with Gasteiger partial charge in [-0.25, -0.2) is 0 Å². The molecule has 1 saturated carbocycles. The van der Waals surface area contributed by atoms with Crippen LogP contribution in [0, 0.1) is 11.8 Å². The zero-order valence-electron chi connectivity index (χ0n) is 11.7. The molecule has 6 nitrogen and oxygen atoms in total. The fourth-order valence-corrected chi connectivity index (χ4v) is 3.76. The maximum atomic E-state index is 12.6. The molecule has 4 aliphatic rings. The molecule has 4 fully saturated rings. The summed E-state index contributed by atoms with van der Waals surface area (Å²) in [5.74, 6) is 0.741. The van der Waals surface area contributed by atoms with E-state index in [0.717, 1.165) is 6.42 Å². The Hall–Kier alpha value is -1.82. The number of carbonyl (C=O) groups is 2. The van der Waals surface area contributed by atoms with Gasteiger partial charge in [0.05, 0.1) is 25.4 Å². The third-order valence-corrected chi connectivity index (χ3v) is 4.90. The molecule has 0 N–H and O–H groups in total. The summed E-state index contributed by atoms with van der Waals surface area (Å²) >= 11 is 0. The number of nitrogens with zero attached hydrogens (tertiary/aromatic N) is 2. The van der Waals surface area contributed by atoms with Gasteiger partial charge in [-0.1, -0.05) is 0 Å². The standard InChI is InChI=1S/C15H18N2O4/c18-14(12-2-1-5-21-12)17-9-10-8-11(17)13(10)15(19)16-3-6-20-7-4-16/h1-2,5,10-11,13H,3-4,6-9H2/t10-,11-,13+/m1/s1. The van der Waals surface area contributed by atoms with Gasteiger partial charge < -0.3 is 19.0 Å². The number of rotatable bonds is 2. The Morgan fingerprint density at radius 1 is 1.24 bits per heavy atom. The van der Waals surface area contributed by atoms with E-state index in [-0.39, 0.29) is 23.8 Å². The molecule has 3 atom stereocenters. The number of carbonyl (C=O) groups excluding carboxylic acids is 2. The number of hydrogen-bond donors (Lipinski definition) is 0. The quantitative estimate of drug-likeness (QED) is 0.800. The summed E-state index contributed by atoms with van der Waals surface area (Å²) in [6.07, 6.45) is 2.44. The lowest BCUT2D eigenvalue weighted by molar-refractivity contribution is -0.144. The molecule has 3 saturated heterocycles. The number of ether oxygens (including phenoxy) is 1. The van der Waals surface area contributed by atoms with E-state index in [1.807, 2.05) is 9.80 Å². The van der Waals surface area contributed by atoms with Crippen LogP contribution in [0.5, 0.6) is 0 Å². The van der Waals surface area contributed by atoms with Crippen molar-refractivity contribution in [2.24, 2.45) is 11.8 Å². The second kappa shape index (κ2) is 4.87. The molecule has 0 spiro atoms. The lowest BCUT2D eigenvalue weighted by atomic mass is 9.73. The molecule has 1 aromatic rings. The van der Waals surface area contributed by atoms with Gasteiger partial charge in [0.1, 0.15) is 0 Å². The van der Waals surface area contributed by atoms with Gasteiger partial charge in [0.2, 0.25) is 5.91 Å². The van der Waals surface area contributed by atoms with Crippen molar-refractivity contribution < 1.29 is 18.7 Å². The molecular weight excluding hydrogens is 272 g/mol. The summed E-state index contributed by atoms with van der Waals surface area (Å²) in [5, 5.41) is 0. The van der Waals surface area contributed by atoms with Gasteiger partial charge in [-0.15, -0.1) is 0 Å². The average molecular weight is 290 g/mol. The van der Waals surface area contributed by atoms with Crippen LogP contribution in [-0.4, -0.2) is 60.5 Å². The first-order chi connectivity index (χ1) is 10.3. The van der Waals surface area contributed by atoms with E-state index in [2.05, 4.69) is 0 Å². The first kappa shape index (κ1) is 12.9. The van der Waals surface area contributed by atoms with Crippen molar-refractivity contribution in [3.63, 3.8) is 0 Å². The van der Waals surface area contributed by atoms with Crippen LogP contribution in [0.2, 0.25) is 0 Å². The Balaban J connectivity index is 1.46. The summed E-state index contributed by atoms with van der Waals surface area (Å²) in [4.78, 5) is 28.7. The van der Waals surface area contributed by atoms with Crippen molar-refractivity contribution >= 4 is 11.8 Å². The maximum absolute atomic E-state index is 12.6. The van der Waals surface area contributed by atoms with Gasteiger partial charge in [-0.2, -0.15) is 0 Å². The third kappa shape index (κ3) is 1.97. The minimum absolute atomic E-state index is 0.0259. The second-order valence-corrected chi connectivity index (χ2v) is 5.96. The molecule has 0 aromatic carbocycles. The van der Waals surface area contributed by atoms with E-state index < -0.39 is 0 Å². The van der Waals surface area contributed by atoms with E-state index in [9.17, 15) is 9.59 Å². The number of amides is 2. The molecule has 0 radical (unpaired) electrons. The summed E-state index contributed by atoms with van der Waals surface area (Å²) in [6.45, 7) is 3.23. The summed E-state index contributed by atoms with van der Waals surface area (Å²) < 4.78 is 10.5. The molecule has 1 aromatic heterocycles. The summed E-state index contributed by atoms with van der Waals surface area (Å²) in [6, 6.07) is 3.43. The molecule has 112 valence electrons. The lowest BCUT2D eigenvalue weighted by Crippen LogP contribution is -2.53. The van der Waals surface area contributed by atoms with E-state index in [1.165, 1.54) is 6.26 Å². The molecule has 3 aliphatic heterocycles. The van der Waals surface area contributed by atoms with Crippen molar-refractivity contribution in [2.45, 2.75) is 12.5 Å². The van der Waals surface area contributed by atoms with Crippen LogP contribution < -0.4 is 0 Å². The first-order valence-corrected chi connectivity index (χ1v) is 7.46. The highest BCUT2D eigenvalue weighted by atomic mass is 16.5. The lowest BCUT2D eigenvalue weighted by Gasteiger charge is -2.39. The molecule has 5 rings (SSSR count). The largest absolute Gasteiger partial charge is 0.459 e. The van der Waals surface area contributed by atoms with Crippen LogP contribution >= 0.6 is 0 Å². The van der Waals surface area contributed by atoms with Crippen LogP contribution in [0.3, 0.4) is 0 Å². The zero-order chi connectivity index (χ0) is 14.4. The maximum Gasteiger partial charge on any atom is 0.289 e. The highest BCUT2D eigenvalue weighted by Gasteiger charge is 2.57. The van der Waals surface area contributed by atoms with Crippen molar-refractivity contribution in [1.29, 1.82) is 0 Å². The van der Waals surface area contributed by atoms with Gasteiger partial charge in [0.15, 0.2) is 5.76 Å². The predicted molar refractivity (Wildman–Crippen MR) is 72.5 cm³/mol. The molecule has 1 aliphatic carbocycles. The van der Waals surface area contributed by atoms with E-state index in [1.54, 1.807) is 12.1 Å². The number of hydrogen-bond acceptors (Lipinski definition) is 4. The molecule has 4 heterocycles. The van der Waals surface area contributed by atoms with E-state index >= 15 is 0 Å². The summed E-state index contributed by atoms with van der Waals surface area (Å²) in [7, 11) is 0. The van der Waals surface area contributed by atoms with Gasteiger partial charge >= 0.3 is 0 Å². The van der Waals surface area contributed by atoms with Crippen molar-refractivity contribution in [1.82, 2.24) is 9.80 Å². The Morgan fingerprint density at radius 2 is 2.05 bits per heavy atom. The fraction of sp³-hybridized carbons (Fsp3) is 0.600. The average Bonchev–Trinajstić information content (AvgIpc) is 3.22. The highest BCUT2D eigenvalue weighted by Crippen LogP contribution is 2.47. The van der Waals surface area contributed by atoms with Crippen LogP contribution in [0.4, 0.5) is 0 Å². The van der Waals surface area contributed by atoms with E-state index in [0.29, 0.717) is 44.5 Å². The Morgan fingerprint density at radius 3 is 2.76 bits per heavy atom. The van der Waals surface area contributed by atoms with Crippen molar-refractivity contribution in [2.75, 3.05) is 32.8 Å². The second-order valence-electron chi connectivity index (χ2n) is 5.96. The molecule has 6 heteroatoms. The Labute approximate surface area is 122 Å². The minimum atomic E-state index is -0.0928. The topological polar surface area (TPSA) is 63.0 Å². The minimum Gasteiger partial charge on any atom is -0.459 e. The first-order valence-electron chi connectivity index (χ1n) is 7.46. The van der Waals surface area contributed by atoms with Gasteiger partial charge in [0.25, 0.3) is 5.91 Å². The predicted octanol–water partition coefficient (Wildman–Crippen LogP) is 0.599. The van der Waals surface area contributed by atoms with E-state index in [4.69, 9.17) is 9.15 Å². The van der Waals surface area contributed by atoms with Gasteiger partial charge in [-0.05, 0) is 24.5 Å². The molecule has 2 amide bonds. The molecule has 21 heavy (non-hydrogen) atoms. The third-order valence-electron chi connectivity index (χ3n) is 4.90. The number of furan rings is 1. The fourth-order valence-electron chi connectivity index (χ4n) is 3.76. The zero-order valence-corrected chi connectivity index (χ0v) is 11.7. The van der Waals surface area contributed by atoms with Crippen molar-refractivity contribution in [3.05, 3.63) is 24.2 Å². The Bertz CT molecular complexity index is 550. The van der Waals surface area contributed by atoms with Crippen LogP contribution in [0.1, 0.15) is 17.0 Å². The SMILES string of the molecule is O=C([C@H]1[C@@H]2C[C@H]1N(C(=O)c1ccco1)C2)N1CCOCC1. The van der Waals surface area contributed by atoms with Crippen LogP contribution in [-0.2, 0) is 9.53 Å². The van der Waals surface area contributed by atoms with Crippen molar-refractivity contribution in [3.8, 4) is 0 Å². The normalized spacial score (nSPS) is 31.1. The smallest absolute Gasteiger partial charge is 0.289 e. The molecule has 0 unspecified atom stereocenters. The van der Waals surface area contributed by atoms with Gasteiger partial charge in [-0.3, -0.25) is 9.59 Å². The summed E-state index contributed by atoms with van der Waals surface area (Å²) in [5.41, 5.74) is 0. The Kier molecular flexibility index (Phi) is 2.99. The molecular formula is C15H18N2O4. The number of morpholine rings is 1.